The molecule has 25 heavy (non-hydrogen) atoms. The van der Waals surface area contributed by atoms with Crippen LogP contribution < -0.4 is 10.0 Å². The Bertz CT molecular complexity index is 660. The molecule has 2 rings (SSSR count). The maximum absolute atomic E-state index is 12.7. The number of nitrogens with one attached hydrogen (secondary N) is 2. The van der Waals surface area contributed by atoms with Gasteiger partial charge in [-0.25, -0.2) is 8.42 Å². The van der Waals surface area contributed by atoms with Crippen molar-refractivity contribution in [2.24, 2.45) is 5.92 Å². The van der Waals surface area contributed by atoms with Crippen LogP contribution in [0.5, 0.6) is 0 Å². The van der Waals surface area contributed by atoms with Crippen molar-refractivity contribution < 1.29 is 13.2 Å². The molecule has 1 fully saturated rings. The van der Waals surface area contributed by atoms with E-state index in [4.69, 9.17) is 0 Å². The first-order valence-electron chi connectivity index (χ1n) is 9.19. The van der Waals surface area contributed by atoms with Gasteiger partial charge in [-0.3, -0.25) is 4.79 Å². The Morgan fingerprint density at radius 3 is 2.12 bits per heavy atom. The summed E-state index contributed by atoms with van der Waals surface area (Å²) in [7, 11) is -3.73. The molecule has 1 aromatic carbocycles. The van der Waals surface area contributed by atoms with Gasteiger partial charge in [-0.05, 0) is 37.8 Å². The lowest BCUT2D eigenvalue weighted by Gasteiger charge is -2.25. The summed E-state index contributed by atoms with van der Waals surface area (Å²) in [6.07, 6.45) is 6.60. The van der Waals surface area contributed by atoms with E-state index in [1.54, 1.807) is 24.3 Å². The molecule has 2 N–H and O–H groups in total. The summed E-state index contributed by atoms with van der Waals surface area (Å²) in [4.78, 5) is 12.9. The van der Waals surface area contributed by atoms with Gasteiger partial charge < -0.3 is 5.32 Å². The molecule has 0 saturated heterocycles. The summed E-state index contributed by atoms with van der Waals surface area (Å²) < 4.78 is 27.8. The summed E-state index contributed by atoms with van der Waals surface area (Å²) >= 11 is 0. The van der Waals surface area contributed by atoms with Crippen molar-refractivity contribution >= 4 is 15.9 Å². The van der Waals surface area contributed by atoms with Gasteiger partial charge in [-0.1, -0.05) is 57.2 Å². The minimum Gasteiger partial charge on any atom is -0.352 e. The molecule has 1 aliphatic carbocycles. The van der Waals surface area contributed by atoms with Crippen LogP contribution in [0.25, 0.3) is 0 Å². The Morgan fingerprint density at radius 1 is 1.04 bits per heavy atom. The molecule has 6 heteroatoms. The Hall–Kier alpha value is -1.40. The van der Waals surface area contributed by atoms with E-state index in [0.29, 0.717) is 0 Å². The van der Waals surface area contributed by atoms with Crippen molar-refractivity contribution in [1.82, 2.24) is 10.0 Å². The predicted octanol–water partition coefficient (Wildman–Crippen LogP) is 3.14. The molecule has 0 unspecified atom stereocenters. The van der Waals surface area contributed by atoms with Crippen molar-refractivity contribution in [1.29, 1.82) is 0 Å². The van der Waals surface area contributed by atoms with Gasteiger partial charge in [0, 0.05) is 6.04 Å². The van der Waals surface area contributed by atoms with Gasteiger partial charge in [0.25, 0.3) is 0 Å². The van der Waals surface area contributed by atoms with Crippen LogP contribution in [0.1, 0.15) is 57.9 Å². The van der Waals surface area contributed by atoms with Crippen molar-refractivity contribution in [3.8, 4) is 0 Å². The molecule has 1 atom stereocenters. The third kappa shape index (κ3) is 5.82. The van der Waals surface area contributed by atoms with Crippen LogP contribution in [0.2, 0.25) is 0 Å². The fraction of sp³-hybridized carbons (Fsp3) is 0.632. The van der Waals surface area contributed by atoms with Crippen LogP contribution in [0.3, 0.4) is 0 Å². The van der Waals surface area contributed by atoms with E-state index in [0.717, 1.165) is 31.2 Å². The zero-order valence-electron chi connectivity index (χ0n) is 15.4. The van der Waals surface area contributed by atoms with Gasteiger partial charge in [0.15, 0.2) is 0 Å². The van der Waals surface area contributed by atoms with E-state index in [-0.39, 0.29) is 22.8 Å². The van der Waals surface area contributed by atoms with E-state index < -0.39 is 16.1 Å². The second-order valence-corrected chi connectivity index (χ2v) is 9.07. The number of carbonyl (C=O) groups is 1. The molecule has 0 spiro atoms. The SMILES string of the molecule is Cc1ccc(S(=O)(=O)N[C@H](C(=O)NC2CCCCCC2)C(C)C)cc1. The number of hydrogen-bond donors (Lipinski definition) is 2. The Labute approximate surface area is 151 Å². The first-order valence-corrected chi connectivity index (χ1v) is 10.7. The zero-order valence-corrected chi connectivity index (χ0v) is 16.2. The van der Waals surface area contributed by atoms with Gasteiger partial charge in [0.05, 0.1) is 4.90 Å². The highest BCUT2D eigenvalue weighted by Gasteiger charge is 2.29. The molecule has 0 bridgehead atoms. The van der Waals surface area contributed by atoms with Gasteiger partial charge >= 0.3 is 0 Å². The van der Waals surface area contributed by atoms with Crippen LogP contribution >= 0.6 is 0 Å². The van der Waals surface area contributed by atoms with Crippen LogP contribution in [0.15, 0.2) is 29.2 Å². The molecule has 5 nitrogen and oxygen atoms in total. The standard InChI is InChI=1S/C19H30N2O3S/c1-14(2)18(19(22)20-16-8-6-4-5-7-9-16)21-25(23,24)17-12-10-15(3)11-13-17/h10-14,16,18,21H,4-9H2,1-3H3,(H,20,22)/t18-/m0/s1. The van der Waals surface area contributed by atoms with E-state index in [1.807, 2.05) is 20.8 Å². The van der Waals surface area contributed by atoms with Gasteiger partial charge in [-0.15, -0.1) is 0 Å². The first kappa shape index (κ1) is 19.9. The quantitative estimate of drug-likeness (QED) is 0.760. The van der Waals surface area contributed by atoms with Crippen LogP contribution in [-0.2, 0) is 14.8 Å². The summed E-state index contributed by atoms with van der Waals surface area (Å²) in [5.41, 5.74) is 0.991. The second-order valence-electron chi connectivity index (χ2n) is 7.35. The number of amides is 1. The number of hydrogen-bond acceptors (Lipinski definition) is 3. The first-order chi connectivity index (χ1) is 11.8. The fourth-order valence-electron chi connectivity index (χ4n) is 3.16. The lowest BCUT2D eigenvalue weighted by Crippen LogP contribution is -2.51. The molecule has 1 aliphatic rings. The molecule has 1 amide bonds. The van der Waals surface area contributed by atoms with Gasteiger partial charge in [0.2, 0.25) is 15.9 Å². The lowest BCUT2D eigenvalue weighted by atomic mass is 10.0. The molecular weight excluding hydrogens is 336 g/mol. The van der Waals surface area contributed by atoms with Crippen LogP contribution in [0, 0.1) is 12.8 Å². The van der Waals surface area contributed by atoms with E-state index in [1.165, 1.54) is 12.8 Å². The monoisotopic (exact) mass is 366 g/mol. The fourth-order valence-corrected chi connectivity index (χ4v) is 4.50. The molecule has 1 aromatic rings. The van der Waals surface area contributed by atoms with Crippen molar-refractivity contribution in [2.45, 2.75) is 76.3 Å². The molecule has 0 heterocycles. The summed E-state index contributed by atoms with van der Waals surface area (Å²) in [5, 5.41) is 3.06. The minimum absolute atomic E-state index is 0.133. The number of carbonyl (C=O) groups excluding carboxylic acids is 1. The number of aryl methyl sites for hydroxylation is 1. The van der Waals surface area contributed by atoms with Crippen molar-refractivity contribution in [2.75, 3.05) is 0 Å². The van der Waals surface area contributed by atoms with Crippen molar-refractivity contribution in [3.05, 3.63) is 29.8 Å². The topological polar surface area (TPSA) is 75.3 Å². The summed E-state index contributed by atoms with van der Waals surface area (Å²) in [5.74, 6) is -0.358. The molecule has 1 saturated carbocycles. The number of benzene rings is 1. The van der Waals surface area contributed by atoms with E-state index in [2.05, 4.69) is 10.0 Å². The van der Waals surface area contributed by atoms with E-state index >= 15 is 0 Å². The van der Waals surface area contributed by atoms with E-state index in [9.17, 15) is 13.2 Å². The molecule has 0 aromatic heterocycles. The molecule has 0 radical (unpaired) electrons. The Morgan fingerprint density at radius 2 is 1.60 bits per heavy atom. The highest BCUT2D eigenvalue weighted by molar-refractivity contribution is 7.89. The third-order valence-electron chi connectivity index (χ3n) is 4.76. The van der Waals surface area contributed by atoms with Gasteiger partial charge in [-0.2, -0.15) is 4.72 Å². The summed E-state index contributed by atoms with van der Waals surface area (Å²) in [6.45, 7) is 5.62. The maximum atomic E-state index is 12.7. The zero-order chi connectivity index (χ0) is 18.4. The smallest absolute Gasteiger partial charge is 0.241 e. The lowest BCUT2D eigenvalue weighted by molar-refractivity contribution is -0.124. The predicted molar refractivity (Wildman–Crippen MR) is 99.8 cm³/mol. The molecule has 140 valence electrons. The minimum atomic E-state index is -3.73. The maximum Gasteiger partial charge on any atom is 0.241 e. The number of sulfonamides is 1. The molecular formula is C19H30N2O3S. The average molecular weight is 367 g/mol. The summed E-state index contributed by atoms with van der Waals surface area (Å²) in [6, 6.07) is 6.03. The largest absolute Gasteiger partial charge is 0.352 e. The third-order valence-corrected chi connectivity index (χ3v) is 6.22. The van der Waals surface area contributed by atoms with Gasteiger partial charge in [0.1, 0.15) is 6.04 Å². The highest BCUT2D eigenvalue weighted by atomic mass is 32.2. The molecule has 0 aliphatic heterocycles. The van der Waals surface area contributed by atoms with Crippen LogP contribution in [0.4, 0.5) is 0 Å². The van der Waals surface area contributed by atoms with Crippen molar-refractivity contribution in [3.63, 3.8) is 0 Å². The van der Waals surface area contributed by atoms with Crippen LogP contribution in [-0.4, -0.2) is 26.4 Å². The number of rotatable bonds is 6. The second kappa shape index (κ2) is 8.81. The Kier molecular flexibility index (Phi) is 7.02. The highest BCUT2D eigenvalue weighted by Crippen LogP contribution is 2.18. The normalized spacial score (nSPS) is 17.9. The average Bonchev–Trinajstić information content (AvgIpc) is 2.81. The Balaban J connectivity index is 2.08.